The predicted octanol–water partition coefficient (Wildman–Crippen LogP) is 4.25. The maximum atomic E-state index is 14.1. The van der Waals surface area contributed by atoms with Crippen molar-refractivity contribution in [3.63, 3.8) is 0 Å². The van der Waals surface area contributed by atoms with E-state index in [9.17, 15) is 19.4 Å². The van der Waals surface area contributed by atoms with Crippen molar-refractivity contribution < 1.29 is 24.1 Å². The Hall–Kier alpha value is -3.29. The zero-order valence-electron chi connectivity index (χ0n) is 18.2. The molecule has 8 heteroatoms. The van der Waals surface area contributed by atoms with Gasteiger partial charge in [0.2, 0.25) is 0 Å². The molecule has 7 nitrogen and oxygen atoms in total. The van der Waals surface area contributed by atoms with Gasteiger partial charge in [0.05, 0.1) is 23.8 Å². The minimum atomic E-state index is -0.839. The quantitative estimate of drug-likeness (QED) is 0.697. The van der Waals surface area contributed by atoms with E-state index < -0.39 is 5.97 Å². The lowest BCUT2D eigenvalue weighted by atomic mass is 9.96. The summed E-state index contributed by atoms with van der Waals surface area (Å²) >= 11 is 0. The largest absolute Gasteiger partial charge is 0.508 e. The Balaban J connectivity index is 1.36. The van der Waals surface area contributed by atoms with Crippen molar-refractivity contribution >= 4 is 23.1 Å². The molecule has 2 aliphatic heterocycles. The molecule has 2 aromatic carbocycles. The van der Waals surface area contributed by atoms with Crippen LogP contribution in [-0.2, 0) is 4.79 Å². The lowest BCUT2D eigenvalue weighted by molar-refractivity contribution is -0.137. The first-order valence-corrected chi connectivity index (χ1v) is 10.9. The fourth-order valence-corrected chi connectivity index (χ4v) is 4.34. The molecule has 2 heterocycles. The number of carbonyl (C=O) groups is 1. The number of ether oxygens (including phenoxy) is 1. The van der Waals surface area contributed by atoms with E-state index in [0.29, 0.717) is 18.8 Å². The molecular weight excluding hydrogens is 413 g/mol. The molecule has 2 unspecified atom stereocenters. The standard InChI is InChI=1S/C24H28FN3O4/c1-15-16(2)26-28(22(15)14-24(30)31)17-3-6-19(7-4-17)32-20-9-11-27(12-10-20)23-13-18(29)5-8-21(23)25/h3-8,13,15,20,22,29H,9-12,14H2,1-2H3,(H,30,31). The number of hydrazone groups is 1. The minimum absolute atomic E-state index is 0.0179. The molecule has 32 heavy (non-hydrogen) atoms. The van der Waals surface area contributed by atoms with Gasteiger partial charge >= 0.3 is 5.97 Å². The highest BCUT2D eigenvalue weighted by Gasteiger charge is 2.34. The molecule has 0 spiro atoms. The topological polar surface area (TPSA) is 85.6 Å². The number of benzene rings is 2. The molecule has 0 amide bonds. The van der Waals surface area contributed by atoms with Crippen LogP contribution < -0.4 is 14.6 Å². The highest BCUT2D eigenvalue weighted by molar-refractivity contribution is 5.89. The lowest BCUT2D eigenvalue weighted by Gasteiger charge is -2.34. The molecule has 2 aromatic rings. The summed E-state index contributed by atoms with van der Waals surface area (Å²) in [5.74, 6) is -0.318. The van der Waals surface area contributed by atoms with Crippen LogP contribution in [0, 0.1) is 11.7 Å². The van der Waals surface area contributed by atoms with Gasteiger partial charge in [0.1, 0.15) is 23.4 Å². The lowest BCUT2D eigenvalue weighted by Crippen LogP contribution is -2.38. The summed E-state index contributed by atoms with van der Waals surface area (Å²) in [6.07, 6.45) is 1.53. The number of phenolic OH excluding ortho intramolecular Hbond substituents is 1. The van der Waals surface area contributed by atoms with Crippen molar-refractivity contribution in [1.82, 2.24) is 0 Å². The smallest absolute Gasteiger partial charge is 0.305 e. The number of nitrogens with zero attached hydrogens (tertiary/aromatic N) is 3. The second-order valence-corrected chi connectivity index (χ2v) is 8.47. The predicted molar refractivity (Wildman–Crippen MR) is 121 cm³/mol. The number of halogens is 1. The fraction of sp³-hybridized carbons (Fsp3) is 0.417. The Kier molecular flexibility index (Phi) is 6.21. The van der Waals surface area contributed by atoms with Gasteiger partial charge in [0.15, 0.2) is 0 Å². The summed E-state index contributed by atoms with van der Waals surface area (Å²) in [4.78, 5) is 13.2. The Morgan fingerprint density at radius 1 is 1.19 bits per heavy atom. The highest BCUT2D eigenvalue weighted by Crippen LogP contribution is 2.32. The SMILES string of the molecule is CC1=NN(c2ccc(OC3CCN(c4cc(O)ccc4F)CC3)cc2)C(CC(=O)O)C1C. The van der Waals surface area contributed by atoms with Crippen molar-refractivity contribution in [2.45, 2.75) is 45.3 Å². The zero-order valence-corrected chi connectivity index (χ0v) is 18.2. The van der Waals surface area contributed by atoms with Crippen LogP contribution in [0.15, 0.2) is 47.6 Å². The third kappa shape index (κ3) is 4.64. The van der Waals surface area contributed by atoms with Crippen LogP contribution in [0.5, 0.6) is 11.5 Å². The Labute approximate surface area is 186 Å². The van der Waals surface area contributed by atoms with E-state index in [4.69, 9.17) is 4.74 Å². The van der Waals surface area contributed by atoms with E-state index in [-0.39, 0.29) is 36.1 Å². The number of carboxylic acids is 1. The summed E-state index contributed by atoms with van der Waals surface area (Å²) in [5, 5.41) is 25.3. The van der Waals surface area contributed by atoms with Crippen LogP contribution in [-0.4, -0.2) is 47.1 Å². The molecule has 2 atom stereocenters. The van der Waals surface area contributed by atoms with Crippen LogP contribution in [0.25, 0.3) is 0 Å². The van der Waals surface area contributed by atoms with Gasteiger partial charge in [-0.25, -0.2) is 4.39 Å². The van der Waals surface area contributed by atoms with Gasteiger partial charge in [0, 0.05) is 43.6 Å². The normalized spacial score (nSPS) is 21.5. The average molecular weight is 442 g/mol. The zero-order chi connectivity index (χ0) is 22.8. The van der Waals surface area contributed by atoms with Crippen molar-refractivity contribution in [1.29, 1.82) is 0 Å². The van der Waals surface area contributed by atoms with Crippen LogP contribution in [0.4, 0.5) is 15.8 Å². The number of aliphatic carboxylic acids is 1. The number of piperidine rings is 1. The maximum absolute atomic E-state index is 14.1. The number of hydrogen-bond acceptors (Lipinski definition) is 6. The monoisotopic (exact) mass is 441 g/mol. The summed E-state index contributed by atoms with van der Waals surface area (Å²) in [6.45, 7) is 5.20. The van der Waals surface area contributed by atoms with E-state index in [1.807, 2.05) is 43.0 Å². The van der Waals surface area contributed by atoms with Crippen molar-refractivity contribution in [2.24, 2.45) is 11.0 Å². The molecular formula is C24H28FN3O4. The van der Waals surface area contributed by atoms with E-state index in [1.54, 1.807) is 5.01 Å². The Morgan fingerprint density at radius 2 is 1.88 bits per heavy atom. The number of hydrogen-bond donors (Lipinski definition) is 2. The summed E-state index contributed by atoms with van der Waals surface area (Å²) in [7, 11) is 0. The molecule has 0 aliphatic carbocycles. The van der Waals surface area contributed by atoms with Gasteiger partial charge in [-0.15, -0.1) is 0 Å². The molecule has 170 valence electrons. The molecule has 0 radical (unpaired) electrons. The summed E-state index contributed by atoms with van der Waals surface area (Å²) < 4.78 is 20.2. The molecule has 1 saturated heterocycles. The van der Waals surface area contributed by atoms with Gasteiger partial charge in [-0.2, -0.15) is 5.10 Å². The molecule has 2 aliphatic rings. The Morgan fingerprint density at radius 3 is 2.53 bits per heavy atom. The van der Waals surface area contributed by atoms with Crippen molar-refractivity contribution in [3.05, 3.63) is 48.3 Å². The number of phenols is 1. The van der Waals surface area contributed by atoms with Crippen molar-refractivity contribution in [3.8, 4) is 11.5 Å². The Bertz CT molecular complexity index is 1000. The van der Waals surface area contributed by atoms with E-state index >= 15 is 0 Å². The van der Waals surface area contributed by atoms with Crippen molar-refractivity contribution in [2.75, 3.05) is 23.0 Å². The van der Waals surface area contributed by atoms with Crippen LogP contribution in [0.2, 0.25) is 0 Å². The van der Waals surface area contributed by atoms with E-state index in [1.165, 1.54) is 18.2 Å². The minimum Gasteiger partial charge on any atom is -0.508 e. The van der Waals surface area contributed by atoms with Gasteiger partial charge in [-0.05, 0) is 43.3 Å². The molecule has 0 saturated carbocycles. The van der Waals surface area contributed by atoms with Gasteiger partial charge in [0.25, 0.3) is 0 Å². The molecule has 0 bridgehead atoms. The second-order valence-electron chi connectivity index (χ2n) is 8.47. The van der Waals surface area contributed by atoms with Crippen LogP contribution >= 0.6 is 0 Å². The first-order valence-electron chi connectivity index (χ1n) is 10.9. The third-order valence-electron chi connectivity index (χ3n) is 6.32. The molecule has 2 N–H and O–H groups in total. The second kappa shape index (κ2) is 9.06. The fourth-order valence-electron chi connectivity index (χ4n) is 4.34. The number of aromatic hydroxyl groups is 1. The van der Waals surface area contributed by atoms with E-state index in [0.717, 1.165) is 30.0 Å². The average Bonchev–Trinajstić information content (AvgIpc) is 3.04. The summed E-state index contributed by atoms with van der Waals surface area (Å²) in [6, 6.07) is 11.4. The van der Waals surface area contributed by atoms with Gasteiger partial charge < -0.3 is 19.8 Å². The van der Waals surface area contributed by atoms with Crippen LogP contribution in [0.3, 0.4) is 0 Å². The first-order chi connectivity index (χ1) is 15.3. The number of anilines is 2. The van der Waals surface area contributed by atoms with Gasteiger partial charge in [-0.1, -0.05) is 6.92 Å². The van der Waals surface area contributed by atoms with Crippen LogP contribution in [0.1, 0.15) is 33.1 Å². The maximum Gasteiger partial charge on any atom is 0.305 e. The summed E-state index contributed by atoms with van der Waals surface area (Å²) in [5.41, 5.74) is 2.17. The number of carboxylic acid groups (broad SMARTS) is 1. The molecule has 0 aromatic heterocycles. The molecule has 4 rings (SSSR count). The molecule has 1 fully saturated rings. The first kappa shape index (κ1) is 21.9. The third-order valence-corrected chi connectivity index (χ3v) is 6.32. The highest BCUT2D eigenvalue weighted by atomic mass is 19.1. The number of rotatable bonds is 6. The van der Waals surface area contributed by atoms with E-state index in [2.05, 4.69) is 5.10 Å². The van der Waals surface area contributed by atoms with Gasteiger partial charge in [-0.3, -0.25) is 9.80 Å².